The van der Waals surface area contributed by atoms with Crippen LogP contribution in [-0.4, -0.2) is 49.9 Å². The van der Waals surface area contributed by atoms with Gasteiger partial charge in [0.25, 0.3) is 11.8 Å². The molecule has 6 rings (SSSR count). The van der Waals surface area contributed by atoms with Crippen molar-refractivity contribution >= 4 is 52.5 Å². The molecule has 11 heteroatoms. The normalized spacial score (nSPS) is 33.2. The Morgan fingerprint density at radius 1 is 0.975 bits per heavy atom. The van der Waals surface area contributed by atoms with Gasteiger partial charge in [0, 0.05) is 12.5 Å². The summed E-state index contributed by atoms with van der Waals surface area (Å²) in [4.78, 5) is 52.7. The molecule has 4 amide bonds. The van der Waals surface area contributed by atoms with Crippen molar-refractivity contribution in [3.63, 3.8) is 0 Å². The summed E-state index contributed by atoms with van der Waals surface area (Å²) in [5.74, 6) is -7.98. The molecule has 208 valence electrons. The summed E-state index contributed by atoms with van der Waals surface area (Å²) in [5, 5.41) is 9.85. The summed E-state index contributed by atoms with van der Waals surface area (Å²) >= 11 is 14.4. The SMILES string of the molecule is CCCN1C(=O)C2CC=C3C(CC4(Cl)C(=O)N(c5ccc(F)cc5)C(=O)C4(Cl)C3c3ccc(O)c(F)c3)C2C1=O. The molecule has 2 aliphatic carbocycles. The zero-order valence-corrected chi connectivity index (χ0v) is 22.8. The van der Waals surface area contributed by atoms with Crippen molar-refractivity contribution in [1.82, 2.24) is 4.90 Å². The monoisotopic (exact) mass is 588 g/mol. The maximum atomic E-state index is 14.7. The lowest BCUT2D eigenvalue weighted by molar-refractivity contribution is -0.140. The Morgan fingerprint density at radius 2 is 1.68 bits per heavy atom. The van der Waals surface area contributed by atoms with E-state index < -0.39 is 62.6 Å². The van der Waals surface area contributed by atoms with E-state index in [1.807, 2.05) is 6.92 Å². The summed E-state index contributed by atoms with van der Waals surface area (Å²) in [6.45, 7) is 2.10. The van der Waals surface area contributed by atoms with Gasteiger partial charge in [-0.2, -0.15) is 0 Å². The van der Waals surface area contributed by atoms with E-state index >= 15 is 0 Å². The van der Waals surface area contributed by atoms with Gasteiger partial charge in [0.05, 0.1) is 17.5 Å². The van der Waals surface area contributed by atoms with E-state index in [0.717, 1.165) is 29.2 Å². The number of phenols is 1. The van der Waals surface area contributed by atoms with E-state index in [0.29, 0.717) is 12.0 Å². The number of allylic oxidation sites excluding steroid dienone is 2. The summed E-state index contributed by atoms with van der Waals surface area (Å²) in [6.07, 6.45) is 2.30. The van der Waals surface area contributed by atoms with Crippen LogP contribution >= 0.6 is 23.2 Å². The number of carbonyl (C=O) groups is 4. The van der Waals surface area contributed by atoms with Crippen molar-refractivity contribution in [2.75, 3.05) is 11.4 Å². The molecular formula is C29H24Cl2F2N2O5. The molecule has 0 aromatic heterocycles. The molecule has 0 radical (unpaired) electrons. The Balaban J connectivity index is 1.55. The Bertz CT molecular complexity index is 1510. The first-order chi connectivity index (χ1) is 19.0. The van der Waals surface area contributed by atoms with E-state index in [1.54, 1.807) is 6.08 Å². The summed E-state index contributed by atoms with van der Waals surface area (Å²) in [5.41, 5.74) is 0.741. The van der Waals surface area contributed by atoms with Crippen LogP contribution in [0.15, 0.2) is 54.1 Å². The van der Waals surface area contributed by atoms with Crippen LogP contribution in [0.2, 0.25) is 0 Å². The minimum atomic E-state index is -2.16. The van der Waals surface area contributed by atoms with E-state index in [4.69, 9.17) is 23.2 Å². The molecule has 1 saturated carbocycles. The fourth-order valence-electron chi connectivity index (χ4n) is 6.98. The van der Waals surface area contributed by atoms with Crippen molar-refractivity contribution in [2.45, 2.75) is 41.9 Å². The Hall–Kier alpha value is -3.30. The number of amides is 4. The summed E-state index contributed by atoms with van der Waals surface area (Å²) in [6, 6.07) is 8.21. The highest BCUT2D eigenvalue weighted by molar-refractivity contribution is 6.58. The second-order valence-electron chi connectivity index (χ2n) is 10.8. The number of phenolic OH excluding ortho intramolecular Hbond substituents is 1. The summed E-state index contributed by atoms with van der Waals surface area (Å²) in [7, 11) is 0. The Kier molecular flexibility index (Phi) is 6.12. The van der Waals surface area contributed by atoms with E-state index in [9.17, 15) is 33.1 Å². The first-order valence-electron chi connectivity index (χ1n) is 13.0. The Morgan fingerprint density at radius 3 is 2.33 bits per heavy atom. The number of aromatic hydroxyl groups is 1. The molecule has 40 heavy (non-hydrogen) atoms. The lowest BCUT2D eigenvalue weighted by atomic mass is 9.56. The van der Waals surface area contributed by atoms with Crippen LogP contribution in [-0.2, 0) is 19.2 Å². The molecule has 0 bridgehead atoms. The number of anilines is 1. The molecule has 6 atom stereocenters. The first-order valence-corrected chi connectivity index (χ1v) is 13.8. The molecular weight excluding hydrogens is 565 g/mol. The number of alkyl halides is 2. The number of carbonyl (C=O) groups excluding carboxylic acids is 4. The largest absolute Gasteiger partial charge is 0.505 e. The maximum Gasteiger partial charge on any atom is 0.258 e. The lowest BCUT2D eigenvalue weighted by Gasteiger charge is -2.50. The highest BCUT2D eigenvalue weighted by Gasteiger charge is 2.76. The fraction of sp³-hybridized carbons (Fsp3) is 0.379. The average Bonchev–Trinajstić information content (AvgIpc) is 3.25. The number of imide groups is 2. The van der Waals surface area contributed by atoms with Crippen LogP contribution < -0.4 is 4.90 Å². The number of rotatable bonds is 4. The van der Waals surface area contributed by atoms with Gasteiger partial charge >= 0.3 is 0 Å². The molecule has 2 aromatic carbocycles. The zero-order chi connectivity index (χ0) is 28.7. The van der Waals surface area contributed by atoms with Crippen LogP contribution in [0.4, 0.5) is 14.5 Å². The predicted molar refractivity (Wildman–Crippen MR) is 142 cm³/mol. The van der Waals surface area contributed by atoms with Crippen LogP contribution in [0, 0.1) is 29.4 Å². The fourth-order valence-corrected chi connectivity index (χ4v) is 7.92. The maximum absolute atomic E-state index is 14.7. The molecule has 2 aliphatic heterocycles. The molecule has 2 aromatic rings. The van der Waals surface area contributed by atoms with Crippen molar-refractivity contribution in [2.24, 2.45) is 17.8 Å². The van der Waals surface area contributed by atoms with Crippen molar-refractivity contribution in [1.29, 1.82) is 0 Å². The van der Waals surface area contributed by atoms with Crippen molar-refractivity contribution < 1.29 is 33.1 Å². The van der Waals surface area contributed by atoms with Gasteiger partial charge in [0.1, 0.15) is 5.82 Å². The number of halogens is 4. The van der Waals surface area contributed by atoms with Gasteiger partial charge in [-0.3, -0.25) is 24.1 Å². The molecule has 6 unspecified atom stereocenters. The van der Waals surface area contributed by atoms with Gasteiger partial charge in [-0.1, -0.05) is 24.6 Å². The quantitative estimate of drug-likeness (QED) is 0.319. The van der Waals surface area contributed by atoms with Gasteiger partial charge in [0.2, 0.25) is 11.8 Å². The molecule has 0 spiro atoms. The molecule has 4 aliphatic rings. The highest BCUT2D eigenvalue weighted by atomic mass is 35.5. The third kappa shape index (κ3) is 3.40. The van der Waals surface area contributed by atoms with Crippen LogP contribution in [0.25, 0.3) is 0 Å². The number of likely N-dealkylation sites (tertiary alicyclic amines) is 1. The molecule has 3 fully saturated rings. The molecule has 2 saturated heterocycles. The van der Waals surface area contributed by atoms with Crippen molar-refractivity contribution in [3.05, 3.63) is 71.3 Å². The number of hydrogen-bond donors (Lipinski definition) is 1. The second kappa shape index (κ2) is 9.11. The minimum Gasteiger partial charge on any atom is -0.505 e. The third-order valence-electron chi connectivity index (χ3n) is 8.74. The first kappa shape index (κ1) is 26.9. The minimum absolute atomic E-state index is 0.0533. The molecule has 2 heterocycles. The zero-order valence-electron chi connectivity index (χ0n) is 21.2. The number of fused-ring (bicyclic) bond motifs is 4. The average molecular weight is 589 g/mol. The van der Waals surface area contributed by atoms with E-state index in [1.165, 1.54) is 23.1 Å². The van der Waals surface area contributed by atoms with Crippen LogP contribution in [0.3, 0.4) is 0 Å². The Labute approximate surface area is 238 Å². The van der Waals surface area contributed by atoms with Gasteiger partial charge in [-0.05, 0) is 67.1 Å². The predicted octanol–water partition coefficient (Wildman–Crippen LogP) is 4.64. The molecule has 7 nitrogen and oxygen atoms in total. The number of hydrogen-bond acceptors (Lipinski definition) is 5. The summed E-state index contributed by atoms with van der Waals surface area (Å²) < 4.78 is 28.4. The second-order valence-corrected chi connectivity index (χ2v) is 12.0. The number of nitrogens with zero attached hydrogens (tertiary/aromatic N) is 2. The third-order valence-corrected chi connectivity index (χ3v) is 10.2. The van der Waals surface area contributed by atoms with Crippen molar-refractivity contribution in [3.8, 4) is 5.75 Å². The van der Waals surface area contributed by atoms with Crippen LogP contribution in [0.1, 0.15) is 37.7 Å². The van der Waals surface area contributed by atoms with Gasteiger partial charge in [-0.15, -0.1) is 23.2 Å². The van der Waals surface area contributed by atoms with Gasteiger partial charge in [0.15, 0.2) is 21.3 Å². The van der Waals surface area contributed by atoms with Gasteiger partial charge < -0.3 is 5.11 Å². The van der Waals surface area contributed by atoms with E-state index in [-0.39, 0.29) is 42.5 Å². The van der Waals surface area contributed by atoms with Crippen LogP contribution in [0.5, 0.6) is 5.75 Å². The smallest absolute Gasteiger partial charge is 0.258 e. The van der Waals surface area contributed by atoms with E-state index in [2.05, 4.69) is 0 Å². The molecule has 1 N–H and O–H groups in total. The topological polar surface area (TPSA) is 95.0 Å². The number of benzene rings is 2. The lowest BCUT2D eigenvalue weighted by Crippen LogP contribution is -2.60. The highest BCUT2D eigenvalue weighted by Crippen LogP contribution is 2.65. The van der Waals surface area contributed by atoms with Gasteiger partial charge in [-0.25, -0.2) is 13.7 Å². The standard InChI is InChI=1S/C29H24Cl2F2N2O5/c1-2-11-34-24(37)18-9-8-17-19(22(18)25(34)38)13-28(30)26(39)35(16-6-4-15(32)5-7-16)27(40)29(28,31)23(17)14-3-10-21(36)20(33)12-14/h3-8,10,12,18-19,22-23,36H,2,9,11,13H2,1H3.